The Morgan fingerprint density at radius 3 is 2.63 bits per heavy atom. The Morgan fingerprint density at radius 1 is 1.07 bits per heavy atom. The third kappa shape index (κ3) is 3.42. The molecule has 1 amide bonds. The monoisotopic (exact) mass is 361 g/mol. The molecule has 1 aromatic carbocycles. The Kier molecular flexibility index (Phi) is 4.38. The average molecular weight is 361 g/mol. The van der Waals surface area contributed by atoms with E-state index in [1.54, 1.807) is 35.4 Å². The first kappa shape index (κ1) is 16.9. The lowest BCUT2D eigenvalue weighted by atomic mass is 10.1. The molecule has 0 aliphatic rings. The fourth-order valence-corrected chi connectivity index (χ4v) is 2.89. The zero-order valence-corrected chi connectivity index (χ0v) is 15.1. The van der Waals surface area contributed by atoms with Gasteiger partial charge >= 0.3 is 0 Å². The van der Waals surface area contributed by atoms with Gasteiger partial charge in [0.2, 0.25) is 0 Å². The largest absolute Gasteiger partial charge is 0.467 e. The Balaban J connectivity index is 1.74. The van der Waals surface area contributed by atoms with E-state index in [9.17, 15) is 4.79 Å². The van der Waals surface area contributed by atoms with Crippen LogP contribution in [0, 0.1) is 13.8 Å². The van der Waals surface area contributed by atoms with Crippen molar-refractivity contribution < 1.29 is 13.6 Å². The molecule has 0 unspecified atom stereocenters. The number of aromatic nitrogens is 2. The molecule has 1 N–H and O–H groups in total. The number of rotatable bonds is 5. The Morgan fingerprint density at radius 2 is 1.89 bits per heavy atom. The molecule has 4 rings (SSSR count). The van der Waals surface area contributed by atoms with Crippen molar-refractivity contribution in [3.8, 4) is 17.1 Å². The van der Waals surface area contributed by atoms with Gasteiger partial charge in [-0.05, 0) is 55.3 Å². The van der Waals surface area contributed by atoms with Gasteiger partial charge in [-0.25, -0.2) is 4.68 Å². The van der Waals surface area contributed by atoms with Gasteiger partial charge in [0.15, 0.2) is 5.76 Å². The first-order valence-corrected chi connectivity index (χ1v) is 8.64. The molecule has 3 aromatic heterocycles. The number of carbonyl (C=O) groups is 1. The van der Waals surface area contributed by atoms with Crippen molar-refractivity contribution in [3.63, 3.8) is 0 Å². The van der Waals surface area contributed by atoms with Crippen LogP contribution in [0.1, 0.15) is 27.4 Å². The van der Waals surface area contributed by atoms with Crippen LogP contribution in [0.4, 0.5) is 0 Å². The van der Waals surface area contributed by atoms with Crippen LogP contribution < -0.4 is 5.32 Å². The molecule has 0 spiro atoms. The molecule has 0 fully saturated rings. The molecule has 3 heterocycles. The lowest BCUT2D eigenvalue weighted by molar-refractivity contribution is 0.0940. The van der Waals surface area contributed by atoms with Gasteiger partial charge < -0.3 is 14.2 Å². The smallest absolute Gasteiger partial charge is 0.270 e. The summed E-state index contributed by atoms with van der Waals surface area (Å²) in [6.07, 6.45) is 3.17. The molecule has 0 saturated carbocycles. The minimum absolute atomic E-state index is 0.238. The molecule has 0 saturated heterocycles. The van der Waals surface area contributed by atoms with Gasteiger partial charge in [0.25, 0.3) is 5.91 Å². The van der Waals surface area contributed by atoms with Crippen LogP contribution in [0.2, 0.25) is 0 Å². The van der Waals surface area contributed by atoms with Crippen molar-refractivity contribution in [2.24, 2.45) is 0 Å². The number of furan rings is 2. The van der Waals surface area contributed by atoms with E-state index in [2.05, 4.69) is 10.4 Å². The zero-order valence-electron chi connectivity index (χ0n) is 15.1. The minimum atomic E-state index is -0.238. The van der Waals surface area contributed by atoms with Crippen molar-refractivity contribution in [2.45, 2.75) is 20.4 Å². The summed E-state index contributed by atoms with van der Waals surface area (Å²) in [6, 6.07) is 15.0. The summed E-state index contributed by atoms with van der Waals surface area (Å²) in [5.41, 5.74) is 4.00. The number of carbonyl (C=O) groups excluding carboxylic acids is 1. The molecule has 136 valence electrons. The summed E-state index contributed by atoms with van der Waals surface area (Å²) in [5.74, 6) is 1.06. The molecular weight excluding hydrogens is 342 g/mol. The summed E-state index contributed by atoms with van der Waals surface area (Å²) in [4.78, 5) is 12.9. The van der Waals surface area contributed by atoms with Crippen molar-refractivity contribution in [3.05, 3.63) is 83.6 Å². The normalized spacial score (nSPS) is 10.9. The fourth-order valence-electron chi connectivity index (χ4n) is 2.89. The number of aryl methyl sites for hydroxylation is 2. The molecule has 6 heteroatoms. The molecule has 0 bridgehead atoms. The maximum absolute atomic E-state index is 12.9. The highest BCUT2D eigenvalue weighted by Gasteiger charge is 2.20. The van der Waals surface area contributed by atoms with Crippen molar-refractivity contribution in [1.82, 2.24) is 15.1 Å². The van der Waals surface area contributed by atoms with E-state index in [-0.39, 0.29) is 5.91 Å². The summed E-state index contributed by atoms with van der Waals surface area (Å²) < 4.78 is 12.4. The van der Waals surface area contributed by atoms with Crippen LogP contribution in [0.15, 0.2) is 69.9 Å². The van der Waals surface area contributed by atoms with E-state index in [4.69, 9.17) is 8.83 Å². The van der Waals surface area contributed by atoms with Crippen molar-refractivity contribution in [1.29, 1.82) is 0 Å². The fraction of sp³-hybridized carbons (Fsp3) is 0.143. The van der Waals surface area contributed by atoms with E-state index in [0.717, 1.165) is 16.8 Å². The maximum Gasteiger partial charge on any atom is 0.270 e. The van der Waals surface area contributed by atoms with Gasteiger partial charge in [-0.15, -0.1) is 0 Å². The topological polar surface area (TPSA) is 73.2 Å². The van der Waals surface area contributed by atoms with Gasteiger partial charge in [-0.1, -0.05) is 12.1 Å². The molecule has 0 atom stereocenters. The Bertz CT molecular complexity index is 1060. The van der Waals surface area contributed by atoms with Crippen LogP contribution in [0.5, 0.6) is 0 Å². The van der Waals surface area contributed by atoms with Gasteiger partial charge in [0.05, 0.1) is 24.8 Å². The van der Waals surface area contributed by atoms with Crippen LogP contribution in [-0.2, 0) is 6.54 Å². The number of hydrogen-bond acceptors (Lipinski definition) is 4. The molecule has 27 heavy (non-hydrogen) atoms. The average Bonchev–Trinajstić information content (AvgIpc) is 3.41. The quantitative estimate of drug-likeness (QED) is 0.576. The zero-order chi connectivity index (χ0) is 18.8. The lowest BCUT2D eigenvalue weighted by Crippen LogP contribution is -2.25. The first-order chi connectivity index (χ1) is 13.1. The maximum atomic E-state index is 12.9. The van der Waals surface area contributed by atoms with E-state index in [1.807, 2.05) is 44.2 Å². The molecule has 6 nitrogen and oxygen atoms in total. The standard InChI is InChI=1S/C21H19N3O3/c1-14-7-8-15(2)18(11-14)24-19(12-17(23-24)20-6-4-10-27-20)21(25)22-13-16-5-3-9-26-16/h3-12H,13H2,1-2H3,(H,22,25). The highest BCUT2D eigenvalue weighted by atomic mass is 16.3. The highest BCUT2D eigenvalue weighted by Crippen LogP contribution is 2.24. The second kappa shape index (κ2) is 6.99. The molecule has 0 radical (unpaired) electrons. The minimum Gasteiger partial charge on any atom is -0.467 e. The number of nitrogens with one attached hydrogen (secondary N) is 1. The summed E-state index contributed by atoms with van der Waals surface area (Å²) in [5, 5.41) is 7.51. The van der Waals surface area contributed by atoms with E-state index in [1.165, 1.54) is 0 Å². The van der Waals surface area contributed by atoms with Gasteiger partial charge in [0.1, 0.15) is 17.1 Å². The van der Waals surface area contributed by atoms with Gasteiger partial charge in [-0.2, -0.15) is 5.10 Å². The summed E-state index contributed by atoms with van der Waals surface area (Å²) in [6.45, 7) is 4.31. The number of amides is 1. The SMILES string of the molecule is Cc1ccc(C)c(-n2nc(-c3ccco3)cc2C(=O)NCc2ccco2)c1. The van der Waals surface area contributed by atoms with Crippen LogP contribution >= 0.6 is 0 Å². The summed E-state index contributed by atoms with van der Waals surface area (Å²) in [7, 11) is 0. The third-order valence-corrected chi connectivity index (χ3v) is 4.31. The highest BCUT2D eigenvalue weighted by molar-refractivity contribution is 5.94. The van der Waals surface area contributed by atoms with Crippen molar-refractivity contribution >= 4 is 5.91 Å². The van der Waals surface area contributed by atoms with Crippen LogP contribution in [-0.4, -0.2) is 15.7 Å². The number of benzene rings is 1. The predicted molar refractivity (Wildman–Crippen MR) is 101 cm³/mol. The second-order valence-corrected chi connectivity index (χ2v) is 6.36. The predicted octanol–water partition coefficient (Wildman–Crippen LogP) is 4.27. The number of nitrogens with zero attached hydrogens (tertiary/aromatic N) is 2. The molecule has 0 aliphatic heterocycles. The second-order valence-electron chi connectivity index (χ2n) is 6.36. The Hall–Kier alpha value is -3.54. The van der Waals surface area contributed by atoms with Gasteiger partial charge in [-0.3, -0.25) is 4.79 Å². The molecular formula is C21H19N3O3. The van der Waals surface area contributed by atoms with Gasteiger partial charge in [0, 0.05) is 6.07 Å². The first-order valence-electron chi connectivity index (χ1n) is 8.64. The third-order valence-electron chi connectivity index (χ3n) is 4.31. The summed E-state index contributed by atoms with van der Waals surface area (Å²) >= 11 is 0. The van der Waals surface area contributed by atoms with Crippen LogP contribution in [0.3, 0.4) is 0 Å². The number of hydrogen-bond donors (Lipinski definition) is 1. The van der Waals surface area contributed by atoms with Crippen molar-refractivity contribution in [2.75, 3.05) is 0 Å². The van der Waals surface area contributed by atoms with E-state index in [0.29, 0.717) is 29.5 Å². The Labute approximate surface area is 156 Å². The molecule has 4 aromatic rings. The van der Waals surface area contributed by atoms with E-state index < -0.39 is 0 Å². The van der Waals surface area contributed by atoms with Crippen LogP contribution in [0.25, 0.3) is 17.1 Å². The van der Waals surface area contributed by atoms with E-state index >= 15 is 0 Å². The molecule has 0 aliphatic carbocycles. The lowest BCUT2D eigenvalue weighted by Gasteiger charge is -2.11.